The molecule has 0 saturated heterocycles. The van der Waals surface area contributed by atoms with Crippen molar-refractivity contribution in [3.63, 3.8) is 0 Å². The lowest BCUT2D eigenvalue weighted by atomic mass is 10.2. The molecule has 4 rings (SSSR count). The fourth-order valence-electron chi connectivity index (χ4n) is 4.03. The molecule has 1 aliphatic carbocycles. The molecule has 0 atom stereocenters. The second-order valence-electron chi connectivity index (χ2n) is 8.19. The minimum absolute atomic E-state index is 0.0604. The smallest absolute Gasteiger partial charge is 0.263 e. The van der Waals surface area contributed by atoms with Crippen LogP contribution < -0.4 is 5.56 Å². The van der Waals surface area contributed by atoms with E-state index >= 15 is 0 Å². The van der Waals surface area contributed by atoms with Gasteiger partial charge in [0.1, 0.15) is 4.83 Å². The molecule has 1 fully saturated rings. The molecule has 3 aromatic rings. The highest BCUT2D eigenvalue weighted by molar-refractivity contribution is 7.98. The zero-order valence-electron chi connectivity index (χ0n) is 18.2. The van der Waals surface area contributed by atoms with Crippen molar-refractivity contribution in [1.82, 2.24) is 13.9 Å². The summed E-state index contributed by atoms with van der Waals surface area (Å²) in [5.41, 5.74) is 1.98. The second kappa shape index (κ2) is 8.69. The fourth-order valence-corrected chi connectivity index (χ4v) is 7.08. The Balaban J connectivity index is 1.72. The molecule has 1 aromatic carbocycles. The number of hydrogen-bond donors (Lipinski definition) is 0. The van der Waals surface area contributed by atoms with E-state index in [0.29, 0.717) is 5.75 Å². The first-order valence-electron chi connectivity index (χ1n) is 10.4. The van der Waals surface area contributed by atoms with E-state index in [9.17, 15) is 13.2 Å². The van der Waals surface area contributed by atoms with Crippen LogP contribution in [-0.4, -0.2) is 36.4 Å². The third-order valence-electron chi connectivity index (χ3n) is 5.94. The summed E-state index contributed by atoms with van der Waals surface area (Å²) in [6.07, 6.45) is 4.26. The number of aryl methyl sites for hydroxylation is 2. The van der Waals surface area contributed by atoms with Gasteiger partial charge in [-0.15, -0.1) is 11.3 Å². The average molecular weight is 478 g/mol. The Labute approximate surface area is 191 Å². The summed E-state index contributed by atoms with van der Waals surface area (Å²) in [4.78, 5) is 20.6. The van der Waals surface area contributed by atoms with Crippen LogP contribution in [-0.2, 0) is 15.8 Å². The van der Waals surface area contributed by atoms with Crippen molar-refractivity contribution in [2.24, 2.45) is 0 Å². The molecule has 0 bridgehead atoms. The summed E-state index contributed by atoms with van der Waals surface area (Å²) in [5.74, 6) is 0.546. The van der Waals surface area contributed by atoms with Crippen LogP contribution >= 0.6 is 23.1 Å². The van der Waals surface area contributed by atoms with Gasteiger partial charge >= 0.3 is 0 Å². The Bertz CT molecular complexity index is 1290. The zero-order valence-corrected chi connectivity index (χ0v) is 20.7. The van der Waals surface area contributed by atoms with Crippen LogP contribution in [0.25, 0.3) is 10.2 Å². The maximum absolute atomic E-state index is 13.5. The van der Waals surface area contributed by atoms with Crippen LogP contribution in [0.2, 0.25) is 0 Å². The highest BCUT2D eigenvalue weighted by Gasteiger charge is 2.25. The Morgan fingerprint density at radius 2 is 1.94 bits per heavy atom. The maximum atomic E-state index is 13.5. The van der Waals surface area contributed by atoms with Gasteiger partial charge in [-0.25, -0.2) is 17.7 Å². The summed E-state index contributed by atoms with van der Waals surface area (Å²) in [5, 5.41) is 1.48. The molecule has 1 aliphatic rings. The maximum Gasteiger partial charge on any atom is 0.263 e. The van der Waals surface area contributed by atoms with Gasteiger partial charge < -0.3 is 0 Å². The Hall–Kier alpha value is -1.68. The lowest BCUT2D eigenvalue weighted by molar-refractivity contribution is 0.458. The number of thiophene rings is 1. The van der Waals surface area contributed by atoms with Crippen molar-refractivity contribution in [2.75, 3.05) is 14.1 Å². The topological polar surface area (TPSA) is 72.3 Å². The number of hydrogen-bond acceptors (Lipinski definition) is 6. The molecule has 0 unspecified atom stereocenters. The van der Waals surface area contributed by atoms with E-state index in [0.717, 1.165) is 57.1 Å². The van der Waals surface area contributed by atoms with E-state index in [1.54, 1.807) is 29.5 Å². The normalized spacial score (nSPS) is 15.4. The van der Waals surface area contributed by atoms with Gasteiger partial charge in [-0.2, -0.15) is 0 Å². The van der Waals surface area contributed by atoms with Crippen molar-refractivity contribution in [1.29, 1.82) is 0 Å². The second-order valence-corrected chi connectivity index (χ2v) is 12.5. The van der Waals surface area contributed by atoms with Crippen LogP contribution in [0.1, 0.15) is 47.7 Å². The monoisotopic (exact) mass is 477 g/mol. The van der Waals surface area contributed by atoms with Crippen LogP contribution in [0.5, 0.6) is 0 Å². The molecule has 1 saturated carbocycles. The van der Waals surface area contributed by atoms with Crippen molar-refractivity contribution in [3.8, 4) is 0 Å². The highest BCUT2D eigenvalue weighted by atomic mass is 32.2. The van der Waals surface area contributed by atoms with Crippen molar-refractivity contribution in [3.05, 3.63) is 50.6 Å². The first kappa shape index (κ1) is 22.5. The molecule has 0 spiro atoms. The molecule has 0 amide bonds. The third kappa shape index (κ3) is 4.20. The number of rotatable bonds is 6. The molecule has 31 heavy (non-hydrogen) atoms. The van der Waals surface area contributed by atoms with E-state index in [4.69, 9.17) is 4.98 Å². The lowest BCUT2D eigenvalue weighted by Gasteiger charge is -2.18. The number of benzene rings is 1. The SMILES string of the molecule is Cc1sc2nc(SCc3cccc(S(=O)(=O)N(C)C)c3)n(C3CCCC3)c(=O)c2c1C. The van der Waals surface area contributed by atoms with Gasteiger partial charge in [0.15, 0.2) is 5.16 Å². The molecular weight excluding hydrogens is 450 g/mol. The number of aromatic nitrogens is 2. The zero-order chi connectivity index (χ0) is 22.3. The molecule has 9 heteroatoms. The standard InChI is InChI=1S/C22H27N3O3S3/c1-14-15(2)30-20-19(14)21(26)25(17-9-5-6-10-17)22(23-20)29-13-16-8-7-11-18(12-16)31(27,28)24(3)4/h7-8,11-12,17H,5-6,9-10,13H2,1-4H3. The summed E-state index contributed by atoms with van der Waals surface area (Å²) < 4.78 is 28.1. The largest absolute Gasteiger partial charge is 0.284 e. The predicted molar refractivity (Wildman–Crippen MR) is 128 cm³/mol. The molecule has 2 heterocycles. The van der Waals surface area contributed by atoms with Crippen LogP contribution in [0.15, 0.2) is 39.1 Å². The predicted octanol–water partition coefficient (Wildman–Crippen LogP) is 4.73. The Morgan fingerprint density at radius 1 is 1.23 bits per heavy atom. The fraction of sp³-hybridized carbons (Fsp3) is 0.455. The lowest BCUT2D eigenvalue weighted by Crippen LogP contribution is -2.26. The number of sulfonamides is 1. The van der Waals surface area contributed by atoms with Crippen molar-refractivity contribution >= 4 is 43.3 Å². The van der Waals surface area contributed by atoms with Gasteiger partial charge in [0, 0.05) is 30.8 Å². The molecule has 2 aromatic heterocycles. The van der Waals surface area contributed by atoms with E-state index < -0.39 is 10.0 Å². The van der Waals surface area contributed by atoms with Gasteiger partial charge in [-0.05, 0) is 49.9 Å². The van der Waals surface area contributed by atoms with Gasteiger partial charge in [0.2, 0.25) is 10.0 Å². The van der Waals surface area contributed by atoms with E-state index in [1.165, 1.54) is 30.2 Å². The highest BCUT2D eigenvalue weighted by Crippen LogP contribution is 2.35. The van der Waals surface area contributed by atoms with Gasteiger partial charge in [0.25, 0.3) is 5.56 Å². The van der Waals surface area contributed by atoms with Crippen molar-refractivity contribution < 1.29 is 8.42 Å². The first-order chi connectivity index (χ1) is 14.7. The summed E-state index contributed by atoms with van der Waals surface area (Å²) in [7, 11) is -0.428. The molecular formula is C22H27N3O3S3. The summed E-state index contributed by atoms with van der Waals surface area (Å²) in [6, 6.07) is 7.18. The summed E-state index contributed by atoms with van der Waals surface area (Å²) >= 11 is 3.08. The molecule has 6 nitrogen and oxygen atoms in total. The Morgan fingerprint density at radius 3 is 2.61 bits per heavy atom. The average Bonchev–Trinajstić information content (AvgIpc) is 3.35. The van der Waals surface area contributed by atoms with Crippen LogP contribution in [0, 0.1) is 13.8 Å². The number of fused-ring (bicyclic) bond motifs is 1. The van der Waals surface area contributed by atoms with E-state index in [2.05, 4.69) is 0 Å². The molecule has 166 valence electrons. The van der Waals surface area contributed by atoms with Crippen LogP contribution in [0.3, 0.4) is 0 Å². The minimum Gasteiger partial charge on any atom is -0.284 e. The van der Waals surface area contributed by atoms with Gasteiger partial charge in [0.05, 0.1) is 10.3 Å². The van der Waals surface area contributed by atoms with E-state index in [1.807, 2.05) is 24.5 Å². The van der Waals surface area contributed by atoms with E-state index in [-0.39, 0.29) is 16.5 Å². The summed E-state index contributed by atoms with van der Waals surface area (Å²) in [6.45, 7) is 4.03. The van der Waals surface area contributed by atoms with Gasteiger partial charge in [-0.1, -0.05) is 36.7 Å². The van der Waals surface area contributed by atoms with Gasteiger partial charge in [-0.3, -0.25) is 9.36 Å². The number of nitrogens with zero attached hydrogens (tertiary/aromatic N) is 3. The molecule has 0 radical (unpaired) electrons. The minimum atomic E-state index is -3.49. The van der Waals surface area contributed by atoms with Crippen molar-refractivity contribution in [2.45, 2.75) is 61.4 Å². The third-order valence-corrected chi connectivity index (χ3v) is 9.87. The quantitative estimate of drug-likeness (QED) is 0.379. The number of thioether (sulfide) groups is 1. The molecule has 0 N–H and O–H groups in total. The molecule has 0 aliphatic heterocycles. The Kier molecular flexibility index (Phi) is 6.31. The van der Waals surface area contributed by atoms with Crippen LogP contribution in [0.4, 0.5) is 0 Å². The first-order valence-corrected chi connectivity index (χ1v) is 13.6.